The van der Waals surface area contributed by atoms with E-state index < -0.39 is 0 Å². The summed E-state index contributed by atoms with van der Waals surface area (Å²) in [6.07, 6.45) is 5.26. The molecule has 1 unspecified atom stereocenters. The summed E-state index contributed by atoms with van der Waals surface area (Å²) in [5, 5.41) is 9.37. The molecule has 5 aromatic rings. The van der Waals surface area contributed by atoms with Gasteiger partial charge in [0.2, 0.25) is 5.88 Å². The van der Waals surface area contributed by atoms with Gasteiger partial charge in [-0.25, -0.2) is 14.6 Å². The van der Waals surface area contributed by atoms with Crippen LogP contribution < -0.4 is 21.3 Å². The zero-order valence-corrected chi connectivity index (χ0v) is 26.8. The number of hydrogen-bond donors (Lipinski definition) is 2. The van der Waals surface area contributed by atoms with E-state index in [4.69, 9.17) is 48.1 Å². The Morgan fingerprint density at radius 3 is 2.65 bits per heavy atom. The van der Waals surface area contributed by atoms with E-state index in [-0.39, 0.29) is 23.8 Å². The Labute approximate surface area is 275 Å². The molecule has 0 amide bonds. The highest BCUT2D eigenvalue weighted by Gasteiger charge is 2.32. The Morgan fingerprint density at radius 1 is 1.07 bits per heavy atom. The van der Waals surface area contributed by atoms with E-state index in [1.165, 1.54) is 4.68 Å². The van der Waals surface area contributed by atoms with Crippen LogP contribution in [0.4, 0.5) is 11.5 Å². The summed E-state index contributed by atoms with van der Waals surface area (Å²) in [4.78, 5) is 22.2. The van der Waals surface area contributed by atoms with Gasteiger partial charge in [0.25, 0.3) is 5.56 Å². The summed E-state index contributed by atoms with van der Waals surface area (Å²) in [5.41, 5.74) is 11.6. The van der Waals surface area contributed by atoms with Crippen LogP contribution in [-0.2, 0) is 29.4 Å². The number of nitrogens with one attached hydrogen (secondary N) is 1. The molecule has 7 rings (SSSR count). The van der Waals surface area contributed by atoms with Crippen molar-refractivity contribution in [3.8, 4) is 28.3 Å². The van der Waals surface area contributed by atoms with Gasteiger partial charge in [-0.1, -0.05) is 53.5 Å². The molecule has 12 heteroatoms. The number of anilines is 2. The Bertz CT molecular complexity index is 2020. The van der Waals surface area contributed by atoms with Crippen molar-refractivity contribution >= 4 is 45.5 Å². The molecule has 46 heavy (non-hydrogen) atoms. The number of fused-ring (bicyclic) bond motifs is 2. The first kappa shape index (κ1) is 30.6. The topological polar surface area (TPSA) is 126 Å². The standard InChI is InChI=1S/C34H32Cl2N6O4/c1-42-34(43)29-18(16-39-42)9-11-38-32(29)40-26-8-4-6-22(31(26)36)21-5-3-7-23(30(21)35)27-14-19-13-20(15-24(19)33(41-27)44-2)46-28-17-45-12-10-25(28)37/h3-9,11,14,16,20,25,28H,10,12-13,15,17,37H2,1-2H3,(H,38,40)/t20?,25-,28+/m1/s1. The largest absolute Gasteiger partial charge is 0.481 e. The molecule has 236 valence electrons. The van der Waals surface area contributed by atoms with Gasteiger partial charge >= 0.3 is 0 Å². The van der Waals surface area contributed by atoms with Crippen molar-refractivity contribution in [3.05, 3.63) is 92.5 Å². The molecule has 10 nitrogen and oxygen atoms in total. The van der Waals surface area contributed by atoms with Gasteiger partial charge < -0.3 is 25.3 Å². The highest BCUT2D eigenvalue weighted by molar-refractivity contribution is 6.39. The highest BCUT2D eigenvalue weighted by Crippen LogP contribution is 2.43. The molecular formula is C34H32Cl2N6O4. The lowest BCUT2D eigenvalue weighted by Crippen LogP contribution is -2.46. The van der Waals surface area contributed by atoms with Gasteiger partial charge in [-0.15, -0.1) is 0 Å². The monoisotopic (exact) mass is 658 g/mol. The van der Waals surface area contributed by atoms with Crippen LogP contribution in [0, 0.1) is 0 Å². The molecule has 1 aliphatic heterocycles. The van der Waals surface area contributed by atoms with Crippen molar-refractivity contribution in [1.29, 1.82) is 0 Å². The van der Waals surface area contributed by atoms with Crippen LogP contribution in [0.5, 0.6) is 5.88 Å². The number of rotatable bonds is 7. The van der Waals surface area contributed by atoms with Crippen LogP contribution in [0.25, 0.3) is 33.2 Å². The molecule has 1 fully saturated rings. The van der Waals surface area contributed by atoms with E-state index in [1.54, 1.807) is 32.6 Å². The number of halogens is 2. The number of nitrogens with zero attached hydrogens (tertiary/aromatic N) is 4. The SMILES string of the molecule is COc1nc(-c2cccc(-c3cccc(Nc4nccc5cnn(C)c(=O)c45)c3Cl)c2Cl)cc2c1CC(O[C@H]1COCC[C@H]1N)C2. The number of benzene rings is 2. The maximum absolute atomic E-state index is 12.9. The van der Waals surface area contributed by atoms with Crippen LogP contribution in [0.15, 0.2) is 65.7 Å². The quantitative estimate of drug-likeness (QED) is 0.226. The Balaban J connectivity index is 1.21. The number of hydrogen-bond acceptors (Lipinski definition) is 9. The molecule has 0 bridgehead atoms. The molecule has 3 aromatic heterocycles. The van der Waals surface area contributed by atoms with E-state index in [2.05, 4.69) is 21.5 Å². The molecule has 0 radical (unpaired) electrons. The number of ether oxygens (including phenoxy) is 3. The normalized spacial score (nSPS) is 19.3. The molecule has 4 heterocycles. The first-order chi connectivity index (χ1) is 22.3. The Kier molecular flexibility index (Phi) is 8.39. The van der Waals surface area contributed by atoms with Gasteiger partial charge in [0, 0.05) is 60.0 Å². The predicted octanol–water partition coefficient (Wildman–Crippen LogP) is 5.72. The minimum atomic E-state index is -0.266. The number of nitrogens with two attached hydrogens (primary N) is 1. The van der Waals surface area contributed by atoms with E-state index in [0.717, 1.165) is 28.7 Å². The molecular weight excluding hydrogens is 627 g/mol. The van der Waals surface area contributed by atoms with Gasteiger partial charge in [-0.2, -0.15) is 5.10 Å². The lowest BCUT2D eigenvalue weighted by atomic mass is 9.99. The van der Waals surface area contributed by atoms with E-state index in [9.17, 15) is 4.79 Å². The molecule has 3 N–H and O–H groups in total. The fourth-order valence-electron chi connectivity index (χ4n) is 6.23. The van der Waals surface area contributed by atoms with Crippen molar-refractivity contribution in [2.45, 2.75) is 37.5 Å². The molecule has 3 atom stereocenters. The number of aromatic nitrogens is 4. The first-order valence-corrected chi connectivity index (χ1v) is 15.8. The maximum Gasteiger partial charge on any atom is 0.278 e. The van der Waals surface area contributed by atoms with Gasteiger partial charge in [-0.3, -0.25) is 4.79 Å². The van der Waals surface area contributed by atoms with Crippen LogP contribution in [-0.4, -0.2) is 58.3 Å². The van der Waals surface area contributed by atoms with Gasteiger partial charge in [0.15, 0.2) is 0 Å². The molecule has 0 saturated carbocycles. The van der Waals surface area contributed by atoms with Gasteiger partial charge in [0.1, 0.15) is 5.82 Å². The fraction of sp³-hybridized carbons (Fsp3) is 0.294. The number of methoxy groups -OCH3 is 1. The molecule has 1 aliphatic carbocycles. The summed E-state index contributed by atoms with van der Waals surface area (Å²) in [6.45, 7) is 1.17. The third-order valence-electron chi connectivity index (χ3n) is 8.65. The molecule has 2 aromatic carbocycles. The van der Waals surface area contributed by atoms with Crippen LogP contribution in [0.3, 0.4) is 0 Å². The van der Waals surface area contributed by atoms with E-state index in [1.807, 2.05) is 36.4 Å². The molecule has 0 spiro atoms. The van der Waals surface area contributed by atoms with Crippen molar-refractivity contribution in [1.82, 2.24) is 19.7 Å². The highest BCUT2D eigenvalue weighted by atomic mass is 35.5. The molecule has 2 aliphatic rings. The predicted molar refractivity (Wildman–Crippen MR) is 179 cm³/mol. The average Bonchev–Trinajstić information content (AvgIpc) is 3.47. The Morgan fingerprint density at radius 2 is 1.85 bits per heavy atom. The van der Waals surface area contributed by atoms with Gasteiger partial charge in [-0.05, 0) is 36.6 Å². The van der Waals surface area contributed by atoms with Crippen molar-refractivity contribution in [3.63, 3.8) is 0 Å². The third kappa shape index (κ3) is 5.61. The van der Waals surface area contributed by atoms with E-state index >= 15 is 0 Å². The second kappa shape index (κ2) is 12.6. The summed E-state index contributed by atoms with van der Waals surface area (Å²) in [7, 11) is 3.22. The minimum absolute atomic E-state index is 0.0388. The van der Waals surface area contributed by atoms with Gasteiger partial charge in [0.05, 0.1) is 58.9 Å². The van der Waals surface area contributed by atoms with Crippen LogP contribution in [0.2, 0.25) is 10.0 Å². The second-order valence-electron chi connectivity index (χ2n) is 11.5. The van der Waals surface area contributed by atoms with E-state index in [0.29, 0.717) is 75.5 Å². The molecule has 1 saturated heterocycles. The van der Waals surface area contributed by atoms with Crippen molar-refractivity contribution in [2.75, 3.05) is 25.6 Å². The van der Waals surface area contributed by atoms with Crippen molar-refractivity contribution < 1.29 is 14.2 Å². The number of aryl methyl sites for hydroxylation is 1. The van der Waals surface area contributed by atoms with Crippen LogP contribution >= 0.6 is 23.2 Å². The smallest absolute Gasteiger partial charge is 0.278 e. The zero-order chi connectivity index (χ0) is 31.9. The van der Waals surface area contributed by atoms with Crippen molar-refractivity contribution in [2.24, 2.45) is 12.8 Å². The zero-order valence-electron chi connectivity index (χ0n) is 25.3. The lowest BCUT2D eigenvalue weighted by Gasteiger charge is -2.30. The van der Waals surface area contributed by atoms with Crippen LogP contribution in [0.1, 0.15) is 17.5 Å². The second-order valence-corrected chi connectivity index (χ2v) is 12.3. The maximum atomic E-state index is 12.9. The third-order valence-corrected chi connectivity index (χ3v) is 9.47. The summed E-state index contributed by atoms with van der Waals surface area (Å²) < 4.78 is 19.0. The number of pyridine rings is 2. The lowest BCUT2D eigenvalue weighted by molar-refractivity contribution is -0.0901. The first-order valence-electron chi connectivity index (χ1n) is 15.0. The Hall–Kier alpha value is -4.06. The summed E-state index contributed by atoms with van der Waals surface area (Å²) in [5.74, 6) is 0.937. The fourth-order valence-corrected chi connectivity index (χ4v) is 6.83. The summed E-state index contributed by atoms with van der Waals surface area (Å²) >= 11 is 14.1. The average molecular weight is 660 g/mol. The summed E-state index contributed by atoms with van der Waals surface area (Å²) in [6, 6.07) is 15.1. The minimum Gasteiger partial charge on any atom is -0.481 e.